The second-order valence-electron chi connectivity index (χ2n) is 3.95. The molecular weight excluding hydrogens is 196 g/mol. The van der Waals surface area contributed by atoms with Crippen molar-refractivity contribution in [2.75, 3.05) is 12.3 Å². The molecule has 0 spiro atoms. The Morgan fingerprint density at radius 1 is 1.73 bits per heavy atom. The highest BCUT2D eigenvalue weighted by Crippen LogP contribution is 2.31. The summed E-state index contributed by atoms with van der Waals surface area (Å²) < 4.78 is 0. The molecule has 0 aliphatic heterocycles. The van der Waals surface area contributed by atoms with Gasteiger partial charge < -0.3 is 16.2 Å². The quantitative estimate of drug-likeness (QED) is 0.546. The molecule has 0 bridgehead atoms. The third-order valence-electron chi connectivity index (χ3n) is 2.89. The highest BCUT2D eigenvalue weighted by Gasteiger charge is 2.38. The van der Waals surface area contributed by atoms with E-state index in [0.717, 1.165) is 19.3 Å². The molecule has 1 aromatic rings. The van der Waals surface area contributed by atoms with Gasteiger partial charge in [0.2, 0.25) is 0 Å². The third-order valence-corrected chi connectivity index (χ3v) is 2.89. The Balaban J connectivity index is 2.07. The molecule has 1 aliphatic carbocycles. The van der Waals surface area contributed by atoms with Crippen LogP contribution in [0, 0.1) is 0 Å². The molecule has 0 atom stereocenters. The van der Waals surface area contributed by atoms with Crippen molar-refractivity contribution in [3.63, 3.8) is 0 Å². The molecule has 1 aromatic heterocycles. The maximum Gasteiger partial charge on any atom is 0.271 e. The van der Waals surface area contributed by atoms with Gasteiger partial charge in [-0.3, -0.25) is 9.89 Å². The van der Waals surface area contributed by atoms with Crippen LogP contribution in [-0.4, -0.2) is 33.4 Å². The minimum Gasteiger partial charge on any atom is -0.396 e. The van der Waals surface area contributed by atoms with Gasteiger partial charge in [-0.25, -0.2) is 0 Å². The Labute approximate surface area is 86.9 Å². The number of nitrogens with two attached hydrogens (primary N) is 1. The molecule has 82 valence electrons. The predicted molar refractivity (Wildman–Crippen MR) is 54.1 cm³/mol. The minimum absolute atomic E-state index is 0.0349. The number of nitrogen functional groups attached to an aromatic ring is 1. The van der Waals surface area contributed by atoms with Crippen LogP contribution in [0.25, 0.3) is 0 Å². The lowest BCUT2D eigenvalue weighted by atomic mass is 9.77. The normalized spacial score (nSPS) is 18.2. The summed E-state index contributed by atoms with van der Waals surface area (Å²) in [4.78, 5) is 11.7. The first-order chi connectivity index (χ1) is 7.17. The van der Waals surface area contributed by atoms with Crippen molar-refractivity contribution in [2.45, 2.75) is 24.8 Å². The molecule has 1 fully saturated rings. The Kier molecular flexibility index (Phi) is 2.36. The van der Waals surface area contributed by atoms with Crippen LogP contribution in [0.2, 0.25) is 0 Å². The Hall–Kier alpha value is -1.56. The monoisotopic (exact) mass is 210 g/mol. The van der Waals surface area contributed by atoms with Crippen LogP contribution in [0.3, 0.4) is 0 Å². The number of anilines is 1. The van der Waals surface area contributed by atoms with E-state index in [1.165, 1.54) is 6.20 Å². The average molecular weight is 210 g/mol. The van der Waals surface area contributed by atoms with Gasteiger partial charge in [-0.15, -0.1) is 0 Å². The van der Waals surface area contributed by atoms with Gasteiger partial charge in [-0.05, 0) is 19.3 Å². The first kappa shape index (κ1) is 9.97. The molecule has 0 unspecified atom stereocenters. The molecule has 2 rings (SSSR count). The topological polar surface area (TPSA) is 104 Å². The van der Waals surface area contributed by atoms with E-state index in [0.29, 0.717) is 5.69 Å². The molecule has 5 N–H and O–H groups in total. The van der Waals surface area contributed by atoms with Crippen molar-refractivity contribution in [1.82, 2.24) is 15.5 Å². The van der Waals surface area contributed by atoms with Gasteiger partial charge in [0.25, 0.3) is 5.91 Å². The van der Waals surface area contributed by atoms with Crippen LogP contribution in [0.15, 0.2) is 6.20 Å². The summed E-state index contributed by atoms with van der Waals surface area (Å²) >= 11 is 0. The number of aromatic amines is 1. The van der Waals surface area contributed by atoms with E-state index >= 15 is 0 Å². The third kappa shape index (κ3) is 1.68. The minimum atomic E-state index is -0.450. The molecule has 15 heavy (non-hydrogen) atoms. The largest absolute Gasteiger partial charge is 0.396 e. The van der Waals surface area contributed by atoms with Crippen LogP contribution in [0.1, 0.15) is 29.8 Å². The van der Waals surface area contributed by atoms with Gasteiger partial charge in [0.05, 0.1) is 24.0 Å². The number of carbonyl (C=O) groups excluding carboxylic acids is 1. The van der Waals surface area contributed by atoms with E-state index < -0.39 is 5.54 Å². The fourth-order valence-corrected chi connectivity index (χ4v) is 1.71. The number of hydrogen-bond acceptors (Lipinski definition) is 4. The lowest BCUT2D eigenvalue weighted by Crippen LogP contribution is -2.56. The molecule has 1 heterocycles. The van der Waals surface area contributed by atoms with Crippen molar-refractivity contribution < 1.29 is 9.90 Å². The zero-order valence-corrected chi connectivity index (χ0v) is 8.29. The van der Waals surface area contributed by atoms with Gasteiger partial charge >= 0.3 is 0 Å². The summed E-state index contributed by atoms with van der Waals surface area (Å²) in [6, 6.07) is 0. The van der Waals surface area contributed by atoms with Gasteiger partial charge in [0.1, 0.15) is 5.69 Å². The van der Waals surface area contributed by atoms with Crippen LogP contribution < -0.4 is 11.1 Å². The molecule has 0 radical (unpaired) electrons. The van der Waals surface area contributed by atoms with E-state index in [9.17, 15) is 9.90 Å². The standard InChI is InChI=1S/C9H14N4O2/c10-6-4-11-13-7(6)8(15)12-9(5-14)2-1-3-9/h4,14H,1-3,5,10H2,(H,11,13)(H,12,15). The molecule has 0 aromatic carbocycles. The molecule has 1 aliphatic rings. The summed E-state index contributed by atoms with van der Waals surface area (Å²) in [7, 11) is 0. The maximum atomic E-state index is 11.7. The number of hydrogen-bond donors (Lipinski definition) is 4. The van der Waals surface area contributed by atoms with Crippen LogP contribution in [0.4, 0.5) is 5.69 Å². The van der Waals surface area contributed by atoms with Crippen molar-refractivity contribution in [2.24, 2.45) is 0 Å². The van der Waals surface area contributed by atoms with Gasteiger partial charge in [0, 0.05) is 0 Å². The lowest BCUT2D eigenvalue weighted by molar-refractivity contribution is 0.0638. The summed E-state index contributed by atoms with van der Waals surface area (Å²) in [5.41, 5.74) is 5.67. The number of aliphatic hydroxyl groups is 1. The highest BCUT2D eigenvalue weighted by atomic mass is 16.3. The van der Waals surface area contributed by atoms with E-state index in [4.69, 9.17) is 5.73 Å². The van der Waals surface area contributed by atoms with E-state index in [-0.39, 0.29) is 18.2 Å². The van der Waals surface area contributed by atoms with Crippen molar-refractivity contribution in [1.29, 1.82) is 0 Å². The number of nitrogens with zero attached hydrogens (tertiary/aromatic N) is 1. The number of nitrogens with one attached hydrogen (secondary N) is 2. The average Bonchev–Trinajstić information content (AvgIpc) is 2.58. The molecule has 6 nitrogen and oxygen atoms in total. The van der Waals surface area contributed by atoms with Gasteiger partial charge in [-0.1, -0.05) is 0 Å². The number of rotatable bonds is 3. The van der Waals surface area contributed by atoms with Gasteiger partial charge in [0.15, 0.2) is 0 Å². The Bertz CT molecular complexity index is 364. The maximum absolute atomic E-state index is 11.7. The number of aliphatic hydroxyl groups excluding tert-OH is 1. The van der Waals surface area contributed by atoms with Crippen LogP contribution in [0.5, 0.6) is 0 Å². The molecule has 1 saturated carbocycles. The first-order valence-electron chi connectivity index (χ1n) is 4.89. The SMILES string of the molecule is Nc1cn[nH]c1C(=O)NC1(CO)CCC1. The van der Waals surface area contributed by atoms with E-state index in [1.807, 2.05) is 0 Å². The second kappa shape index (κ2) is 3.54. The smallest absolute Gasteiger partial charge is 0.271 e. The van der Waals surface area contributed by atoms with Gasteiger partial charge in [-0.2, -0.15) is 5.10 Å². The number of amides is 1. The fourth-order valence-electron chi connectivity index (χ4n) is 1.71. The lowest BCUT2D eigenvalue weighted by Gasteiger charge is -2.40. The molecule has 1 amide bonds. The fraction of sp³-hybridized carbons (Fsp3) is 0.556. The summed E-state index contributed by atoms with van der Waals surface area (Å²) in [6.45, 7) is -0.0349. The first-order valence-corrected chi connectivity index (χ1v) is 4.89. The summed E-state index contributed by atoms with van der Waals surface area (Å²) in [5, 5.41) is 18.2. The van der Waals surface area contributed by atoms with E-state index in [2.05, 4.69) is 15.5 Å². The Morgan fingerprint density at radius 3 is 2.87 bits per heavy atom. The Morgan fingerprint density at radius 2 is 2.47 bits per heavy atom. The number of H-pyrrole nitrogens is 1. The predicted octanol–water partition coefficient (Wildman–Crippen LogP) is -0.363. The highest BCUT2D eigenvalue weighted by molar-refractivity contribution is 5.97. The summed E-state index contributed by atoms with van der Waals surface area (Å²) in [5.74, 6) is -0.307. The zero-order valence-electron chi connectivity index (χ0n) is 8.29. The van der Waals surface area contributed by atoms with E-state index in [1.54, 1.807) is 0 Å². The number of carbonyl (C=O) groups is 1. The zero-order chi connectivity index (χ0) is 10.9. The van der Waals surface area contributed by atoms with Crippen LogP contribution in [-0.2, 0) is 0 Å². The summed E-state index contributed by atoms with van der Waals surface area (Å²) in [6.07, 6.45) is 4.03. The van der Waals surface area contributed by atoms with Crippen molar-refractivity contribution >= 4 is 11.6 Å². The van der Waals surface area contributed by atoms with Crippen molar-refractivity contribution in [3.8, 4) is 0 Å². The second-order valence-corrected chi connectivity index (χ2v) is 3.95. The number of aromatic nitrogens is 2. The van der Waals surface area contributed by atoms with Crippen molar-refractivity contribution in [3.05, 3.63) is 11.9 Å². The van der Waals surface area contributed by atoms with Crippen LogP contribution >= 0.6 is 0 Å². The molecule has 6 heteroatoms. The molecular formula is C9H14N4O2. The molecule has 0 saturated heterocycles.